The lowest BCUT2D eigenvalue weighted by Gasteiger charge is -2.22. The van der Waals surface area contributed by atoms with Gasteiger partial charge in [0.2, 0.25) is 0 Å². The summed E-state index contributed by atoms with van der Waals surface area (Å²) in [5.74, 6) is -0.227. The van der Waals surface area contributed by atoms with Crippen molar-refractivity contribution in [1.29, 1.82) is 0 Å². The molecule has 1 heterocycles. The number of Topliss-reactive ketones (excluding diaryl/α,β-unsaturated/α-hetero) is 1. The van der Waals surface area contributed by atoms with E-state index in [0.29, 0.717) is 23.4 Å². The molecule has 2 aromatic rings. The summed E-state index contributed by atoms with van der Waals surface area (Å²) in [5.41, 5.74) is 2.85. The average Bonchev–Trinajstić information content (AvgIpc) is 3.48. The van der Waals surface area contributed by atoms with Gasteiger partial charge < -0.3 is 19.4 Å². The molecule has 154 valence electrons. The lowest BCUT2D eigenvalue weighted by Crippen LogP contribution is -2.36. The smallest absolute Gasteiger partial charge is 0.355 e. The third-order valence-corrected chi connectivity index (χ3v) is 5.14. The monoisotopic (exact) mass is 398 g/mol. The average molecular weight is 398 g/mol. The summed E-state index contributed by atoms with van der Waals surface area (Å²) in [6, 6.07) is 7.73. The molecule has 7 nitrogen and oxygen atoms in total. The second kappa shape index (κ2) is 8.51. The minimum absolute atomic E-state index is 0.120. The first-order valence-corrected chi connectivity index (χ1v) is 9.61. The van der Waals surface area contributed by atoms with E-state index in [1.54, 1.807) is 25.9 Å². The van der Waals surface area contributed by atoms with Crippen molar-refractivity contribution in [2.45, 2.75) is 46.2 Å². The number of carbonyl (C=O) groups excluding carboxylic acids is 3. The Morgan fingerprint density at radius 1 is 1.14 bits per heavy atom. The van der Waals surface area contributed by atoms with Crippen LogP contribution in [0.25, 0.3) is 0 Å². The molecule has 1 fully saturated rings. The van der Waals surface area contributed by atoms with Crippen molar-refractivity contribution in [1.82, 2.24) is 9.88 Å². The molecule has 1 aromatic carbocycles. The van der Waals surface area contributed by atoms with E-state index < -0.39 is 5.97 Å². The van der Waals surface area contributed by atoms with Gasteiger partial charge >= 0.3 is 5.97 Å². The molecule has 7 heteroatoms. The maximum atomic E-state index is 12.7. The third kappa shape index (κ3) is 4.67. The normalized spacial score (nSPS) is 13.1. The highest BCUT2D eigenvalue weighted by atomic mass is 16.5. The van der Waals surface area contributed by atoms with Crippen molar-refractivity contribution in [2.75, 3.05) is 13.7 Å². The number of aromatic amines is 1. The van der Waals surface area contributed by atoms with Crippen LogP contribution in [0.1, 0.15) is 57.4 Å². The lowest BCUT2D eigenvalue weighted by atomic mass is 10.1. The van der Waals surface area contributed by atoms with E-state index in [-0.39, 0.29) is 30.0 Å². The largest absolute Gasteiger partial charge is 0.497 e. The number of nitrogens with one attached hydrogen (secondary N) is 1. The van der Waals surface area contributed by atoms with Crippen LogP contribution in [-0.2, 0) is 16.1 Å². The van der Waals surface area contributed by atoms with Gasteiger partial charge in [-0.3, -0.25) is 9.59 Å². The number of ketones is 1. The minimum atomic E-state index is -0.633. The fourth-order valence-corrected chi connectivity index (χ4v) is 3.50. The van der Waals surface area contributed by atoms with Crippen LogP contribution in [0.5, 0.6) is 5.75 Å². The standard InChI is InChI=1S/C22H26N2O5/c1-13-20(15(3)25)14(2)23-21(13)22(27)29-12-19(26)24(17-7-8-17)11-16-5-9-18(28-4)10-6-16/h5-6,9-10,17,23H,7-8,11-12H2,1-4H3. The lowest BCUT2D eigenvalue weighted by molar-refractivity contribution is -0.135. The van der Waals surface area contributed by atoms with Crippen molar-refractivity contribution in [3.8, 4) is 5.75 Å². The van der Waals surface area contributed by atoms with Gasteiger partial charge in [0.15, 0.2) is 12.4 Å². The van der Waals surface area contributed by atoms with Gasteiger partial charge in [0.1, 0.15) is 11.4 Å². The highest BCUT2D eigenvalue weighted by molar-refractivity contribution is 6.01. The van der Waals surface area contributed by atoms with E-state index in [4.69, 9.17) is 9.47 Å². The van der Waals surface area contributed by atoms with Gasteiger partial charge in [-0.15, -0.1) is 0 Å². The van der Waals surface area contributed by atoms with Gasteiger partial charge in [0.05, 0.1) is 7.11 Å². The Morgan fingerprint density at radius 3 is 2.31 bits per heavy atom. The molecular formula is C22H26N2O5. The molecule has 0 atom stereocenters. The first-order chi connectivity index (χ1) is 13.8. The molecular weight excluding hydrogens is 372 g/mol. The third-order valence-electron chi connectivity index (χ3n) is 5.14. The number of amides is 1. The second-order valence-corrected chi connectivity index (χ2v) is 7.36. The summed E-state index contributed by atoms with van der Waals surface area (Å²) in [6.07, 6.45) is 1.90. The highest BCUT2D eigenvalue weighted by Crippen LogP contribution is 2.29. The van der Waals surface area contributed by atoms with Gasteiger partial charge in [-0.25, -0.2) is 4.79 Å². The van der Waals surface area contributed by atoms with Gasteiger partial charge in [-0.05, 0) is 56.9 Å². The van der Waals surface area contributed by atoms with Gasteiger partial charge in [-0.1, -0.05) is 12.1 Å². The number of aryl methyl sites for hydroxylation is 1. The molecule has 0 spiro atoms. The Kier molecular flexibility index (Phi) is 6.06. The van der Waals surface area contributed by atoms with Crippen LogP contribution in [0.3, 0.4) is 0 Å². The van der Waals surface area contributed by atoms with E-state index >= 15 is 0 Å². The number of H-pyrrole nitrogens is 1. The Balaban J connectivity index is 1.64. The molecule has 1 amide bonds. The Labute approximate surface area is 170 Å². The zero-order valence-electron chi connectivity index (χ0n) is 17.2. The Hall–Kier alpha value is -3.09. The van der Waals surface area contributed by atoms with E-state index in [1.807, 2.05) is 24.3 Å². The summed E-state index contributed by atoms with van der Waals surface area (Å²) in [7, 11) is 1.61. The number of benzene rings is 1. The maximum Gasteiger partial charge on any atom is 0.355 e. The fourth-order valence-electron chi connectivity index (χ4n) is 3.50. The van der Waals surface area contributed by atoms with Crippen LogP contribution in [0.4, 0.5) is 0 Å². The number of carbonyl (C=O) groups is 3. The molecule has 1 N–H and O–H groups in total. The number of aromatic nitrogens is 1. The molecule has 0 aliphatic heterocycles. The van der Waals surface area contributed by atoms with Crippen LogP contribution in [0, 0.1) is 13.8 Å². The molecule has 1 aliphatic rings. The number of methoxy groups -OCH3 is 1. The summed E-state index contributed by atoms with van der Waals surface area (Å²) in [5, 5.41) is 0. The van der Waals surface area contributed by atoms with E-state index in [0.717, 1.165) is 24.2 Å². The quantitative estimate of drug-likeness (QED) is 0.545. The van der Waals surface area contributed by atoms with Gasteiger partial charge in [-0.2, -0.15) is 0 Å². The summed E-state index contributed by atoms with van der Waals surface area (Å²) < 4.78 is 10.4. The molecule has 0 bridgehead atoms. The summed E-state index contributed by atoms with van der Waals surface area (Å²) in [4.78, 5) is 41.5. The van der Waals surface area contributed by atoms with Gasteiger partial charge in [0, 0.05) is 23.8 Å². The molecule has 0 unspecified atom stereocenters. The van der Waals surface area contributed by atoms with Crippen molar-refractivity contribution in [3.05, 3.63) is 52.3 Å². The summed E-state index contributed by atoms with van der Waals surface area (Å²) in [6.45, 7) is 5.00. The van der Waals surface area contributed by atoms with Crippen LogP contribution < -0.4 is 4.74 Å². The topological polar surface area (TPSA) is 88.7 Å². The number of rotatable bonds is 8. The fraction of sp³-hybridized carbons (Fsp3) is 0.409. The minimum Gasteiger partial charge on any atom is -0.497 e. The first-order valence-electron chi connectivity index (χ1n) is 9.61. The van der Waals surface area contributed by atoms with Crippen LogP contribution in [-0.4, -0.2) is 47.3 Å². The predicted molar refractivity (Wildman–Crippen MR) is 107 cm³/mol. The number of ether oxygens (including phenoxy) is 2. The van der Waals surface area contributed by atoms with Crippen molar-refractivity contribution >= 4 is 17.7 Å². The Bertz CT molecular complexity index is 925. The number of hydrogen-bond acceptors (Lipinski definition) is 5. The van der Waals surface area contributed by atoms with E-state index in [1.165, 1.54) is 6.92 Å². The summed E-state index contributed by atoms with van der Waals surface area (Å²) >= 11 is 0. The zero-order chi connectivity index (χ0) is 21.1. The number of esters is 1. The number of hydrogen-bond donors (Lipinski definition) is 1. The van der Waals surface area contributed by atoms with Crippen molar-refractivity contribution in [2.24, 2.45) is 0 Å². The van der Waals surface area contributed by atoms with Crippen molar-refractivity contribution in [3.63, 3.8) is 0 Å². The van der Waals surface area contributed by atoms with Crippen LogP contribution in [0.15, 0.2) is 24.3 Å². The highest BCUT2D eigenvalue weighted by Gasteiger charge is 2.33. The van der Waals surface area contributed by atoms with Gasteiger partial charge in [0.25, 0.3) is 5.91 Å². The zero-order valence-corrected chi connectivity index (χ0v) is 17.2. The molecule has 1 aromatic heterocycles. The first kappa shape index (κ1) is 20.6. The molecule has 0 saturated heterocycles. The molecule has 3 rings (SSSR count). The SMILES string of the molecule is COc1ccc(CN(C(=O)COC(=O)c2[nH]c(C)c(C(C)=O)c2C)C2CC2)cc1. The van der Waals surface area contributed by atoms with Crippen LogP contribution >= 0.6 is 0 Å². The van der Waals surface area contributed by atoms with Crippen LogP contribution in [0.2, 0.25) is 0 Å². The van der Waals surface area contributed by atoms with E-state index in [9.17, 15) is 14.4 Å². The molecule has 29 heavy (non-hydrogen) atoms. The Morgan fingerprint density at radius 2 is 1.79 bits per heavy atom. The second-order valence-electron chi connectivity index (χ2n) is 7.36. The molecule has 1 aliphatic carbocycles. The number of nitrogens with zero attached hydrogens (tertiary/aromatic N) is 1. The maximum absolute atomic E-state index is 12.7. The van der Waals surface area contributed by atoms with E-state index in [2.05, 4.69) is 4.98 Å². The molecule has 0 radical (unpaired) electrons. The predicted octanol–water partition coefficient (Wildman–Crippen LogP) is 3.19. The van der Waals surface area contributed by atoms with Crippen molar-refractivity contribution < 1.29 is 23.9 Å². The molecule has 1 saturated carbocycles.